The topological polar surface area (TPSA) is 55.1 Å². The Kier molecular flexibility index (Phi) is 6.61. The van der Waals surface area contributed by atoms with Crippen LogP contribution in [0.1, 0.15) is 20.3 Å². The molecule has 4 heteroatoms. The minimum Gasteiger partial charge on any atom is -0.329 e. The summed E-state index contributed by atoms with van der Waals surface area (Å²) in [6.45, 7) is 5.61. The van der Waals surface area contributed by atoms with Crippen LogP contribution in [0, 0.1) is 0 Å². The molecule has 0 aliphatic carbocycles. The van der Waals surface area contributed by atoms with Crippen molar-refractivity contribution in [1.82, 2.24) is 5.32 Å². The van der Waals surface area contributed by atoms with Gasteiger partial charge < -0.3 is 11.1 Å². The lowest BCUT2D eigenvalue weighted by molar-refractivity contribution is 0.540. The lowest BCUT2D eigenvalue weighted by Gasteiger charge is -2.13. The van der Waals surface area contributed by atoms with Gasteiger partial charge in [0.2, 0.25) is 0 Å². The molecule has 0 aliphatic rings. The fraction of sp³-hybridized carbons (Fsp3) is 1.00. The quantitative estimate of drug-likeness (QED) is 0.626. The van der Waals surface area contributed by atoms with E-state index in [4.69, 9.17) is 5.73 Å². The number of hydrogen-bond donors (Lipinski definition) is 2. The van der Waals surface area contributed by atoms with E-state index in [-0.39, 0.29) is 5.25 Å². The van der Waals surface area contributed by atoms with E-state index >= 15 is 0 Å². The van der Waals surface area contributed by atoms with E-state index < -0.39 is 10.8 Å². The van der Waals surface area contributed by atoms with Crippen LogP contribution in [-0.2, 0) is 10.8 Å². The molecule has 0 amide bonds. The van der Waals surface area contributed by atoms with Crippen LogP contribution < -0.4 is 11.1 Å². The molecule has 74 valence electrons. The minimum atomic E-state index is -0.698. The molecule has 3 atom stereocenters. The summed E-state index contributed by atoms with van der Waals surface area (Å²) in [6, 6.07) is 0.363. The van der Waals surface area contributed by atoms with Crippen molar-refractivity contribution in [2.24, 2.45) is 5.73 Å². The van der Waals surface area contributed by atoms with Gasteiger partial charge in [-0.2, -0.15) is 0 Å². The van der Waals surface area contributed by atoms with E-state index in [9.17, 15) is 4.21 Å². The third-order valence-electron chi connectivity index (χ3n) is 1.96. The summed E-state index contributed by atoms with van der Waals surface area (Å²) in [7, 11) is -0.698. The second kappa shape index (κ2) is 6.57. The Labute approximate surface area is 77.6 Å². The maximum atomic E-state index is 10.9. The van der Waals surface area contributed by atoms with Crippen molar-refractivity contribution in [2.45, 2.75) is 31.6 Å². The summed E-state index contributed by atoms with van der Waals surface area (Å²) in [5.41, 5.74) is 5.43. The molecule has 12 heavy (non-hydrogen) atoms. The Morgan fingerprint density at radius 3 is 2.50 bits per heavy atom. The van der Waals surface area contributed by atoms with Crippen LogP contribution in [0.4, 0.5) is 0 Å². The summed E-state index contributed by atoms with van der Waals surface area (Å²) < 4.78 is 10.9. The molecular weight excluding hydrogens is 172 g/mol. The van der Waals surface area contributed by atoms with Crippen molar-refractivity contribution < 1.29 is 4.21 Å². The summed E-state index contributed by atoms with van der Waals surface area (Å²) in [5, 5.41) is 3.54. The molecular formula is C8H20N2OS. The molecule has 0 fully saturated rings. The monoisotopic (exact) mass is 192 g/mol. The van der Waals surface area contributed by atoms with Gasteiger partial charge >= 0.3 is 0 Å². The first-order chi connectivity index (χ1) is 5.57. The number of nitrogens with two attached hydrogens (primary N) is 1. The second-order valence-electron chi connectivity index (χ2n) is 3.19. The van der Waals surface area contributed by atoms with Crippen LogP contribution in [0.5, 0.6) is 0 Å². The highest BCUT2D eigenvalue weighted by Gasteiger charge is 2.05. The van der Waals surface area contributed by atoms with E-state index in [2.05, 4.69) is 5.32 Å². The third kappa shape index (κ3) is 5.69. The Morgan fingerprint density at radius 2 is 2.08 bits per heavy atom. The largest absolute Gasteiger partial charge is 0.329 e. The molecule has 0 saturated heterocycles. The Bertz CT molecular complexity index is 141. The van der Waals surface area contributed by atoms with Crippen molar-refractivity contribution >= 4 is 10.8 Å². The van der Waals surface area contributed by atoms with Crippen molar-refractivity contribution in [3.05, 3.63) is 0 Å². The lowest BCUT2D eigenvalue weighted by Crippen LogP contribution is -2.35. The molecule has 0 heterocycles. The highest BCUT2D eigenvalue weighted by Crippen LogP contribution is 1.97. The predicted molar refractivity (Wildman–Crippen MR) is 54.7 cm³/mol. The second-order valence-corrected chi connectivity index (χ2v) is 4.99. The first kappa shape index (κ1) is 12.1. The summed E-state index contributed by atoms with van der Waals surface area (Å²) in [4.78, 5) is 0. The molecule has 3 unspecified atom stereocenters. The van der Waals surface area contributed by atoms with Gasteiger partial charge in [-0.3, -0.25) is 4.21 Å². The molecule has 3 N–H and O–H groups in total. The van der Waals surface area contributed by atoms with Crippen molar-refractivity contribution in [1.29, 1.82) is 0 Å². The minimum absolute atomic E-state index is 0.280. The molecule has 0 aromatic rings. The molecule has 3 nitrogen and oxygen atoms in total. The summed E-state index contributed by atoms with van der Waals surface area (Å²) in [5.74, 6) is 0. The zero-order valence-corrected chi connectivity index (χ0v) is 8.99. The van der Waals surface area contributed by atoms with Crippen LogP contribution in [0.25, 0.3) is 0 Å². The van der Waals surface area contributed by atoms with E-state index in [1.807, 2.05) is 13.8 Å². The van der Waals surface area contributed by atoms with E-state index in [1.165, 1.54) is 0 Å². The summed E-state index contributed by atoms with van der Waals surface area (Å²) in [6.07, 6.45) is 2.70. The van der Waals surface area contributed by atoms with Gasteiger partial charge in [-0.25, -0.2) is 0 Å². The third-order valence-corrected chi connectivity index (χ3v) is 3.33. The molecule has 0 aromatic heterocycles. The average molecular weight is 192 g/mol. The molecule has 0 radical (unpaired) electrons. The van der Waals surface area contributed by atoms with E-state index in [0.717, 1.165) is 13.0 Å². The van der Waals surface area contributed by atoms with Crippen LogP contribution in [-0.4, -0.2) is 34.8 Å². The highest BCUT2D eigenvalue weighted by molar-refractivity contribution is 7.84. The highest BCUT2D eigenvalue weighted by atomic mass is 32.2. The van der Waals surface area contributed by atoms with Gasteiger partial charge in [-0.1, -0.05) is 6.92 Å². The first-order valence-corrected chi connectivity index (χ1v) is 5.95. The van der Waals surface area contributed by atoms with E-state index in [0.29, 0.717) is 12.6 Å². The normalized spacial score (nSPS) is 18.7. The number of rotatable bonds is 6. The first-order valence-electron chi connectivity index (χ1n) is 4.33. The van der Waals surface area contributed by atoms with Gasteiger partial charge in [-0.15, -0.1) is 0 Å². The SMILES string of the molecule is CC(CN)NCCC(C)S(C)=O. The van der Waals surface area contributed by atoms with E-state index in [1.54, 1.807) is 6.26 Å². The van der Waals surface area contributed by atoms with Crippen LogP contribution in [0.3, 0.4) is 0 Å². The molecule has 0 aromatic carbocycles. The van der Waals surface area contributed by atoms with Gasteiger partial charge in [0.15, 0.2) is 0 Å². The Balaban J connectivity index is 3.37. The molecule has 0 saturated carbocycles. The van der Waals surface area contributed by atoms with Gasteiger partial charge in [0.25, 0.3) is 0 Å². The number of hydrogen-bond acceptors (Lipinski definition) is 3. The average Bonchev–Trinajstić information content (AvgIpc) is 2.03. The number of nitrogens with one attached hydrogen (secondary N) is 1. The van der Waals surface area contributed by atoms with Crippen molar-refractivity contribution in [2.75, 3.05) is 19.3 Å². The molecule has 0 rings (SSSR count). The maximum Gasteiger partial charge on any atom is 0.0329 e. The molecule has 0 aliphatic heterocycles. The van der Waals surface area contributed by atoms with Crippen LogP contribution in [0.2, 0.25) is 0 Å². The summed E-state index contributed by atoms with van der Waals surface area (Å²) >= 11 is 0. The van der Waals surface area contributed by atoms with Crippen LogP contribution in [0.15, 0.2) is 0 Å². The Morgan fingerprint density at radius 1 is 1.50 bits per heavy atom. The lowest BCUT2D eigenvalue weighted by atomic mass is 10.3. The molecule has 0 bridgehead atoms. The van der Waals surface area contributed by atoms with Gasteiger partial charge in [0.1, 0.15) is 0 Å². The fourth-order valence-electron chi connectivity index (χ4n) is 0.782. The van der Waals surface area contributed by atoms with Gasteiger partial charge in [0.05, 0.1) is 0 Å². The van der Waals surface area contributed by atoms with Crippen molar-refractivity contribution in [3.8, 4) is 0 Å². The molecule has 0 spiro atoms. The van der Waals surface area contributed by atoms with Gasteiger partial charge in [-0.05, 0) is 19.9 Å². The Hall–Kier alpha value is 0.0700. The van der Waals surface area contributed by atoms with Gasteiger partial charge in [0, 0.05) is 34.9 Å². The van der Waals surface area contributed by atoms with Crippen molar-refractivity contribution in [3.63, 3.8) is 0 Å². The van der Waals surface area contributed by atoms with Crippen LogP contribution >= 0.6 is 0 Å². The standard InChI is InChI=1S/C8H20N2OS/c1-7(6-9)10-5-4-8(2)12(3)11/h7-8,10H,4-6,9H2,1-3H3. The zero-order valence-electron chi connectivity index (χ0n) is 8.17. The predicted octanol–water partition coefficient (Wildman–Crippen LogP) is 0.0803. The zero-order chi connectivity index (χ0) is 9.56. The maximum absolute atomic E-state index is 10.9. The fourth-order valence-corrected chi connectivity index (χ4v) is 1.23. The smallest absolute Gasteiger partial charge is 0.0329 e.